The summed E-state index contributed by atoms with van der Waals surface area (Å²) in [7, 11) is 1.72. The number of fused-ring (bicyclic) bond motifs is 1. The molecule has 0 bridgehead atoms. The van der Waals surface area contributed by atoms with Crippen LogP contribution in [0.3, 0.4) is 0 Å². The Labute approximate surface area is 167 Å². The summed E-state index contributed by atoms with van der Waals surface area (Å²) in [5, 5.41) is 5.30. The summed E-state index contributed by atoms with van der Waals surface area (Å²) in [6.45, 7) is 2.49. The maximum absolute atomic E-state index is 12.7. The minimum absolute atomic E-state index is 0.0540. The Morgan fingerprint density at radius 2 is 2.15 bits per heavy atom. The van der Waals surface area contributed by atoms with Crippen LogP contribution in [0.5, 0.6) is 0 Å². The molecule has 27 heavy (non-hydrogen) atoms. The number of amides is 1. The van der Waals surface area contributed by atoms with Crippen LogP contribution in [0, 0.1) is 6.92 Å². The van der Waals surface area contributed by atoms with E-state index in [1.807, 2.05) is 29.8 Å². The number of carbonyl (C=O) groups excluding carboxylic acids is 1. The summed E-state index contributed by atoms with van der Waals surface area (Å²) < 4.78 is 0. The SMILES string of the molecule is Cc1ccc(-c2csc3nc(CC(=O)N(C)Cc4nccs4)[nH]c(=O)c23)s1. The van der Waals surface area contributed by atoms with E-state index in [4.69, 9.17) is 0 Å². The van der Waals surface area contributed by atoms with Crippen molar-refractivity contribution in [1.82, 2.24) is 19.9 Å². The Bertz CT molecular complexity index is 1160. The molecule has 0 aliphatic rings. The highest BCUT2D eigenvalue weighted by Crippen LogP contribution is 2.34. The molecule has 6 nitrogen and oxygen atoms in total. The van der Waals surface area contributed by atoms with Gasteiger partial charge < -0.3 is 9.88 Å². The van der Waals surface area contributed by atoms with Crippen molar-refractivity contribution < 1.29 is 4.79 Å². The van der Waals surface area contributed by atoms with E-state index in [2.05, 4.69) is 15.0 Å². The van der Waals surface area contributed by atoms with Gasteiger partial charge in [-0.1, -0.05) is 0 Å². The Morgan fingerprint density at radius 3 is 2.85 bits per heavy atom. The van der Waals surface area contributed by atoms with Crippen LogP contribution in [-0.2, 0) is 17.8 Å². The minimum Gasteiger partial charge on any atom is -0.339 e. The molecule has 0 radical (unpaired) electrons. The number of rotatable bonds is 5. The van der Waals surface area contributed by atoms with E-state index in [9.17, 15) is 9.59 Å². The molecule has 1 N–H and O–H groups in total. The lowest BCUT2D eigenvalue weighted by Gasteiger charge is -2.15. The van der Waals surface area contributed by atoms with Gasteiger partial charge in [-0.25, -0.2) is 9.97 Å². The van der Waals surface area contributed by atoms with E-state index in [1.165, 1.54) is 27.6 Å². The third-order valence-corrected chi connectivity index (χ3v) is 6.77. The second kappa shape index (κ2) is 7.34. The van der Waals surface area contributed by atoms with E-state index in [0.29, 0.717) is 22.6 Å². The number of likely N-dealkylation sites (N-methyl/N-ethyl adjacent to an activating group) is 1. The molecule has 4 rings (SSSR count). The van der Waals surface area contributed by atoms with Gasteiger partial charge >= 0.3 is 0 Å². The van der Waals surface area contributed by atoms with E-state index < -0.39 is 0 Å². The van der Waals surface area contributed by atoms with Crippen molar-refractivity contribution >= 4 is 50.1 Å². The van der Waals surface area contributed by atoms with Crippen LogP contribution >= 0.6 is 34.0 Å². The lowest BCUT2D eigenvalue weighted by Crippen LogP contribution is -2.29. The molecule has 0 aliphatic heterocycles. The molecule has 0 spiro atoms. The maximum Gasteiger partial charge on any atom is 0.260 e. The average molecular weight is 417 g/mol. The monoisotopic (exact) mass is 416 g/mol. The van der Waals surface area contributed by atoms with Gasteiger partial charge in [0.25, 0.3) is 5.56 Å². The first-order valence-electron chi connectivity index (χ1n) is 8.21. The van der Waals surface area contributed by atoms with Gasteiger partial charge in [0.1, 0.15) is 15.7 Å². The zero-order valence-corrected chi connectivity index (χ0v) is 17.1. The molecule has 0 atom stereocenters. The number of aromatic nitrogens is 3. The van der Waals surface area contributed by atoms with Crippen molar-refractivity contribution in [1.29, 1.82) is 0 Å². The summed E-state index contributed by atoms with van der Waals surface area (Å²) in [5.74, 6) is 0.276. The summed E-state index contributed by atoms with van der Waals surface area (Å²) >= 11 is 4.58. The van der Waals surface area contributed by atoms with E-state index in [1.54, 1.807) is 29.5 Å². The predicted octanol–water partition coefficient (Wildman–Crippen LogP) is 3.68. The summed E-state index contributed by atoms with van der Waals surface area (Å²) in [4.78, 5) is 41.1. The Kier molecular flexibility index (Phi) is 4.90. The van der Waals surface area contributed by atoms with Gasteiger partial charge in [-0.2, -0.15) is 0 Å². The lowest BCUT2D eigenvalue weighted by molar-refractivity contribution is -0.129. The number of carbonyl (C=O) groups is 1. The Hall–Kier alpha value is -2.36. The van der Waals surface area contributed by atoms with Gasteiger partial charge in [-0.15, -0.1) is 34.0 Å². The van der Waals surface area contributed by atoms with Crippen molar-refractivity contribution in [2.75, 3.05) is 7.05 Å². The molecule has 0 unspecified atom stereocenters. The quantitative estimate of drug-likeness (QED) is 0.538. The number of H-pyrrole nitrogens is 1. The first-order valence-corrected chi connectivity index (χ1v) is 10.8. The summed E-state index contributed by atoms with van der Waals surface area (Å²) in [6.07, 6.45) is 1.77. The molecule has 0 fully saturated rings. The van der Waals surface area contributed by atoms with Crippen LogP contribution in [0.2, 0.25) is 0 Å². The first-order chi connectivity index (χ1) is 13.0. The lowest BCUT2D eigenvalue weighted by atomic mass is 10.2. The normalized spacial score (nSPS) is 11.2. The molecule has 4 heterocycles. The van der Waals surface area contributed by atoms with Gasteiger partial charge in [0.15, 0.2) is 0 Å². The maximum atomic E-state index is 12.7. The summed E-state index contributed by atoms with van der Waals surface area (Å²) in [6, 6.07) is 4.06. The number of aryl methyl sites for hydroxylation is 1. The average Bonchev–Trinajstić information content (AvgIpc) is 3.35. The molecule has 0 aromatic carbocycles. The van der Waals surface area contributed by atoms with Crippen molar-refractivity contribution in [3.8, 4) is 10.4 Å². The van der Waals surface area contributed by atoms with Crippen LogP contribution in [0.1, 0.15) is 15.7 Å². The fourth-order valence-electron chi connectivity index (χ4n) is 2.74. The van der Waals surface area contributed by atoms with E-state index >= 15 is 0 Å². The zero-order chi connectivity index (χ0) is 19.0. The second-order valence-corrected chi connectivity index (χ2v) is 9.23. The number of thiophene rings is 2. The predicted molar refractivity (Wildman–Crippen MR) is 111 cm³/mol. The standard InChI is InChI=1S/C18H16N4O2S3/c1-10-3-4-12(27-10)11-9-26-18-16(11)17(24)20-13(21-18)7-15(23)22(2)8-14-19-5-6-25-14/h3-6,9H,7-8H2,1-2H3,(H,20,21,24). The topological polar surface area (TPSA) is 79.0 Å². The van der Waals surface area contributed by atoms with Gasteiger partial charge in [0.2, 0.25) is 5.91 Å². The number of aromatic amines is 1. The number of thiazole rings is 1. The van der Waals surface area contributed by atoms with Crippen molar-refractivity contribution in [2.24, 2.45) is 0 Å². The highest BCUT2D eigenvalue weighted by atomic mass is 32.1. The van der Waals surface area contributed by atoms with Crippen LogP contribution in [0.4, 0.5) is 0 Å². The van der Waals surface area contributed by atoms with Gasteiger partial charge in [-0.3, -0.25) is 9.59 Å². The smallest absolute Gasteiger partial charge is 0.260 e. The third kappa shape index (κ3) is 3.71. The first kappa shape index (κ1) is 18.0. The van der Waals surface area contributed by atoms with Gasteiger partial charge in [0, 0.05) is 39.3 Å². The van der Waals surface area contributed by atoms with Crippen molar-refractivity contribution in [2.45, 2.75) is 19.9 Å². The van der Waals surface area contributed by atoms with Crippen molar-refractivity contribution in [3.63, 3.8) is 0 Å². The molecule has 1 amide bonds. The second-order valence-electron chi connectivity index (χ2n) is 6.10. The van der Waals surface area contributed by atoms with Gasteiger partial charge in [0.05, 0.1) is 18.4 Å². The zero-order valence-electron chi connectivity index (χ0n) is 14.7. The highest BCUT2D eigenvalue weighted by molar-refractivity contribution is 7.19. The number of nitrogens with one attached hydrogen (secondary N) is 1. The minimum atomic E-state index is -0.201. The number of hydrogen-bond donors (Lipinski definition) is 1. The Balaban J connectivity index is 1.58. The third-order valence-electron chi connectivity index (χ3n) is 4.10. The van der Waals surface area contributed by atoms with E-state index in [-0.39, 0.29) is 17.9 Å². The van der Waals surface area contributed by atoms with Crippen molar-refractivity contribution in [3.05, 3.63) is 55.2 Å². The molecule has 4 aromatic rings. The molecule has 4 aromatic heterocycles. The molecule has 138 valence electrons. The molecular formula is C18H16N4O2S3. The fraction of sp³-hybridized carbons (Fsp3) is 0.222. The van der Waals surface area contributed by atoms with E-state index in [0.717, 1.165) is 15.4 Å². The number of hydrogen-bond acceptors (Lipinski definition) is 7. The van der Waals surface area contributed by atoms with Crippen LogP contribution in [-0.4, -0.2) is 32.8 Å². The van der Waals surface area contributed by atoms with Crippen LogP contribution < -0.4 is 5.56 Å². The van der Waals surface area contributed by atoms with Crippen LogP contribution in [0.25, 0.3) is 20.7 Å². The molecular weight excluding hydrogens is 400 g/mol. The Morgan fingerprint density at radius 1 is 1.30 bits per heavy atom. The van der Waals surface area contributed by atoms with Crippen LogP contribution in [0.15, 0.2) is 33.9 Å². The molecule has 0 saturated carbocycles. The van der Waals surface area contributed by atoms with Gasteiger partial charge in [-0.05, 0) is 19.1 Å². The molecule has 0 aliphatic carbocycles. The molecule has 9 heteroatoms. The summed E-state index contributed by atoms with van der Waals surface area (Å²) in [5.41, 5.74) is 0.702. The fourth-order valence-corrected chi connectivity index (χ4v) is 5.33. The highest BCUT2D eigenvalue weighted by Gasteiger charge is 2.17. The largest absolute Gasteiger partial charge is 0.339 e. The molecule has 0 saturated heterocycles. The number of nitrogens with zero attached hydrogens (tertiary/aromatic N) is 3.